The van der Waals surface area contributed by atoms with Gasteiger partial charge in [-0.3, -0.25) is 9.67 Å². The van der Waals surface area contributed by atoms with Gasteiger partial charge in [-0.2, -0.15) is 18.3 Å². The maximum atomic E-state index is 12.7. The molecule has 30 heavy (non-hydrogen) atoms. The quantitative estimate of drug-likeness (QED) is 0.432. The first kappa shape index (κ1) is 22.2. The summed E-state index contributed by atoms with van der Waals surface area (Å²) in [4.78, 5) is 9.99. The van der Waals surface area contributed by atoms with E-state index in [0.29, 0.717) is 38.4 Å². The fourth-order valence-electron chi connectivity index (χ4n) is 2.98. The highest BCUT2D eigenvalue weighted by Crippen LogP contribution is 2.33. The van der Waals surface area contributed by atoms with E-state index in [1.165, 1.54) is 0 Å². The zero-order valence-corrected chi connectivity index (χ0v) is 17.2. The number of nitrogens with zero attached hydrogens (tertiary/aromatic N) is 5. The van der Waals surface area contributed by atoms with E-state index in [-0.39, 0.29) is 23.6 Å². The lowest BCUT2D eigenvalue weighted by atomic mass is 10.1. The number of halogens is 4. The molecule has 12 heteroatoms. The molecule has 1 fully saturated rings. The molecular formula is C18H22ClF3N6O2. The first-order valence-corrected chi connectivity index (χ1v) is 9.57. The Bertz CT molecular complexity index is 889. The lowest BCUT2D eigenvalue weighted by Crippen LogP contribution is -2.48. The number of aryl methyl sites for hydroxylation is 1. The van der Waals surface area contributed by atoms with Gasteiger partial charge in [-0.15, -0.1) is 0 Å². The number of aromatic nitrogens is 3. The number of alkyl halides is 3. The highest BCUT2D eigenvalue weighted by Gasteiger charge is 2.31. The summed E-state index contributed by atoms with van der Waals surface area (Å²) >= 11 is 5.84. The fraction of sp³-hybridized carbons (Fsp3) is 0.500. The smallest absolute Gasteiger partial charge is 0.417 e. The number of morpholine rings is 1. The number of hydrogen-bond acceptors (Lipinski definition) is 5. The molecule has 0 aromatic carbocycles. The average Bonchev–Trinajstić information content (AvgIpc) is 3.15. The third kappa shape index (κ3) is 5.54. The maximum absolute atomic E-state index is 12.7. The van der Waals surface area contributed by atoms with E-state index >= 15 is 0 Å². The molecule has 2 aromatic rings. The van der Waals surface area contributed by atoms with Crippen LogP contribution in [0, 0.1) is 0 Å². The van der Waals surface area contributed by atoms with Gasteiger partial charge in [-0.1, -0.05) is 11.6 Å². The van der Waals surface area contributed by atoms with E-state index in [4.69, 9.17) is 21.1 Å². The highest BCUT2D eigenvalue weighted by atomic mass is 35.5. The SMILES string of the molecule is CN=C(NCCOc1ncc(C(F)(F)F)cc1Cl)N1CCOC(c2cnn(C)c2)C1. The number of rotatable bonds is 5. The van der Waals surface area contributed by atoms with Crippen LogP contribution in [-0.2, 0) is 18.0 Å². The van der Waals surface area contributed by atoms with Crippen LogP contribution in [0.4, 0.5) is 13.2 Å². The van der Waals surface area contributed by atoms with Crippen molar-refractivity contribution >= 4 is 17.6 Å². The minimum Gasteiger partial charge on any atom is -0.475 e. The van der Waals surface area contributed by atoms with E-state index < -0.39 is 11.7 Å². The summed E-state index contributed by atoms with van der Waals surface area (Å²) in [6.07, 6.45) is -0.232. The van der Waals surface area contributed by atoms with Gasteiger partial charge in [0.1, 0.15) is 17.7 Å². The number of guanidine groups is 1. The van der Waals surface area contributed by atoms with Gasteiger partial charge in [-0.25, -0.2) is 4.98 Å². The molecule has 2 aromatic heterocycles. The molecule has 0 saturated carbocycles. The molecule has 164 valence electrons. The Hall–Kier alpha value is -2.53. The largest absolute Gasteiger partial charge is 0.475 e. The van der Waals surface area contributed by atoms with Gasteiger partial charge in [0.2, 0.25) is 5.88 Å². The lowest BCUT2D eigenvalue weighted by Gasteiger charge is -2.34. The Balaban J connectivity index is 1.50. The van der Waals surface area contributed by atoms with Crippen LogP contribution >= 0.6 is 11.6 Å². The van der Waals surface area contributed by atoms with Gasteiger partial charge in [-0.05, 0) is 6.07 Å². The topological polar surface area (TPSA) is 76.8 Å². The predicted octanol–water partition coefficient (Wildman–Crippen LogP) is 2.52. The molecule has 3 rings (SSSR count). The van der Waals surface area contributed by atoms with Crippen LogP contribution in [0.5, 0.6) is 5.88 Å². The summed E-state index contributed by atoms with van der Waals surface area (Å²) in [5, 5.41) is 7.15. The Labute approximate surface area is 176 Å². The van der Waals surface area contributed by atoms with Crippen molar-refractivity contribution in [3.8, 4) is 5.88 Å². The highest BCUT2D eigenvalue weighted by molar-refractivity contribution is 6.31. The van der Waals surface area contributed by atoms with Gasteiger partial charge < -0.3 is 19.7 Å². The van der Waals surface area contributed by atoms with Crippen LogP contribution in [0.15, 0.2) is 29.6 Å². The van der Waals surface area contributed by atoms with Crippen LogP contribution in [0.2, 0.25) is 5.02 Å². The number of pyridine rings is 1. The maximum Gasteiger partial charge on any atom is 0.417 e. The molecule has 0 aliphatic carbocycles. The molecule has 1 N–H and O–H groups in total. The third-order valence-electron chi connectivity index (χ3n) is 4.43. The van der Waals surface area contributed by atoms with Crippen LogP contribution in [0.25, 0.3) is 0 Å². The first-order chi connectivity index (χ1) is 14.3. The van der Waals surface area contributed by atoms with E-state index in [1.807, 2.05) is 13.2 Å². The molecular weight excluding hydrogens is 425 g/mol. The second-order valence-corrected chi connectivity index (χ2v) is 6.99. The Morgan fingerprint density at radius 1 is 1.43 bits per heavy atom. The van der Waals surface area contributed by atoms with Crippen molar-refractivity contribution in [1.82, 2.24) is 25.0 Å². The Morgan fingerprint density at radius 2 is 2.23 bits per heavy atom. The van der Waals surface area contributed by atoms with E-state index in [0.717, 1.165) is 11.6 Å². The molecule has 0 bridgehead atoms. The summed E-state index contributed by atoms with van der Waals surface area (Å²) in [7, 11) is 3.52. The Kier molecular flexibility index (Phi) is 7.03. The van der Waals surface area contributed by atoms with Gasteiger partial charge >= 0.3 is 6.18 Å². The lowest BCUT2D eigenvalue weighted by molar-refractivity contribution is -0.137. The minimum atomic E-state index is -4.50. The van der Waals surface area contributed by atoms with Gasteiger partial charge in [0.25, 0.3) is 0 Å². The normalized spacial score (nSPS) is 17.9. The number of hydrogen-bond donors (Lipinski definition) is 1. The standard InChI is InChI=1S/C18H22ClF3N6O2/c1-23-17(28-4-6-29-15(11-28)12-8-26-27(2)10-12)24-3-5-30-16-14(19)7-13(9-25-16)18(20,21)22/h7-10,15H,3-6,11H2,1-2H3,(H,23,24). The van der Waals surface area contributed by atoms with Crippen molar-refractivity contribution in [2.45, 2.75) is 12.3 Å². The van der Waals surface area contributed by atoms with E-state index in [9.17, 15) is 13.2 Å². The summed E-state index contributed by atoms with van der Waals surface area (Å²) in [6, 6.07) is 0.794. The summed E-state index contributed by atoms with van der Waals surface area (Å²) in [5.74, 6) is 0.617. The summed E-state index contributed by atoms with van der Waals surface area (Å²) < 4.78 is 51.0. The summed E-state index contributed by atoms with van der Waals surface area (Å²) in [5.41, 5.74) is 0.0675. The molecule has 0 radical (unpaired) electrons. The number of ether oxygens (including phenoxy) is 2. The monoisotopic (exact) mass is 446 g/mol. The average molecular weight is 447 g/mol. The van der Waals surface area contributed by atoms with Crippen LogP contribution < -0.4 is 10.1 Å². The van der Waals surface area contributed by atoms with Crippen molar-refractivity contribution in [2.24, 2.45) is 12.0 Å². The summed E-state index contributed by atoms with van der Waals surface area (Å²) in [6.45, 7) is 2.33. The molecule has 1 unspecified atom stereocenters. The molecule has 1 aliphatic rings. The number of aliphatic imine (C=N–C) groups is 1. The predicted molar refractivity (Wildman–Crippen MR) is 105 cm³/mol. The van der Waals surface area contributed by atoms with Crippen molar-refractivity contribution in [1.29, 1.82) is 0 Å². The Morgan fingerprint density at radius 3 is 2.87 bits per heavy atom. The van der Waals surface area contributed by atoms with Gasteiger partial charge in [0.05, 0.1) is 31.5 Å². The van der Waals surface area contributed by atoms with E-state index in [2.05, 4.69) is 25.3 Å². The molecule has 1 saturated heterocycles. The van der Waals surface area contributed by atoms with Crippen LogP contribution in [0.3, 0.4) is 0 Å². The number of nitrogens with one attached hydrogen (secondary N) is 1. The zero-order chi connectivity index (χ0) is 21.7. The zero-order valence-electron chi connectivity index (χ0n) is 16.5. The van der Waals surface area contributed by atoms with Crippen molar-refractivity contribution in [3.05, 3.63) is 40.8 Å². The fourth-order valence-corrected chi connectivity index (χ4v) is 3.20. The molecule has 0 spiro atoms. The van der Waals surface area contributed by atoms with Gasteiger partial charge in [0, 0.05) is 38.6 Å². The molecule has 0 amide bonds. The molecule has 3 heterocycles. The molecule has 1 aliphatic heterocycles. The molecule has 8 nitrogen and oxygen atoms in total. The van der Waals surface area contributed by atoms with Crippen molar-refractivity contribution in [2.75, 3.05) is 39.9 Å². The van der Waals surface area contributed by atoms with E-state index in [1.54, 1.807) is 17.9 Å². The second-order valence-electron chi connectivity index (χ2n) is 6.58. The molecule has 1 atom stereocenters. The van der Waals surface area contributed by atoms with Crippen LogP contribution in [-0.4, -0.2) is 65.5 Å². The van der Waals surface area contributed by atoms with Crippen molar-refractivity contribution in [3.63, 3.8) is 0 Å². The van der Waals surface area contributed by atoms with Crippen molar-refractivity contribution < 1.29 is 22.6 Å². The van der Waals surface area contributed by atoms with Gasteiger partial charge in [0.15, 0.2) is 5.96 Å². The first-order valence-electron chi connectivity index (χ1n) is 9.19. The van der Waals surface area contributed by atoms with Crippen LogP contribution in [0.1, 0.15) is 17.2 Å². The second kappa shape index (κ2) is 9.52. The third-order valence-corrected chi connectivity index (χ3v) is 4.70. The minimum absolute atomic E-state index is 0.0514.